The molecule has 18 heavy (non-hydrogen) atoms. The first kappa shape index (κ1) is 11.9. The van der Waals surface area contributed by atoms with Gasteiger partial charge in [-0.1, -0.05) is 36.8 Å². The molecule has 1 unspecified atom stereocenters. The topological polar surface area (TPSA) is 35.8 Å². The van der Waals surface area contributed by atoms with Crippen molar-refractivity contribution in [2.24, 2.45) is 4.99 Å². The molecule has 1 aliphatic heterocycles. The van der Waals surface area contributed by atoms with E-state index in [0.29, 0.717) is 0 Å². The maximum atomic E-state index is 10.4. The number of hydrogen-bond donors (Lipinski definition) is 1. The molecule has 0 aromatic heterocycles. The fourth-order valence-corrected chi connectivity index (χ4v) is 3.22. The van der Waals surface area contributed by atoms with E-state index in [4.69, 9.17) is 4.99 Å². The second kappa shape index (κ2) is 4.48. The Hall–Kier alpha value is -1.19. The third-order valence-electron chi connectivity index (χ3n) is 4.24. The molecule has 0 amide bonds. The Morgan fingerprint density at radius 2 is 1.83 bits per heavy atom. The fraction of sp³-hybridized carbons (Fsp3) is 0.533. The summed E-state index contributed by atoms with van der Waals surface area (Å²) in [5.74, 6) is 0. The van der Waals surface area contributed by atoms with Gasteiger partial charge >= 0.3 is 0 Å². The quantitative estimate of drug-likeness (QED) is 0.823. The zero-order valence-corrected chi connectivity index (χ0v) is 10.8. The molecule has 1 heterocycles. The monoisotopic (exact) mass is 244 g/mol. The molecule has 2 aliphatic rings. The van der Waals surface area contributed by atoms with Gasteiger partial charge in [-0.05, 0) is 38.2 Å². The fourth-order valence-electron chi connectivity index (χ4n) is 3.22. The summed E-state index contributed by atoms with van der Waals surface area (Å²) in [4.78, 5) is 4.90. The summed E-state index contributed by atoms with van der Waals surface area (Å²) in [5, 5.41) is 11.9. The standard InChI is InChI=1S/C15H20N2O/c1-12-14(13-8-4-2-5-9-13)16-15(17(12)18)10-6-3-7-11-15/h2,4-5,8-9,12,18H,3,6-7,10-11H2,1H3. The van der Waals surface area contributed by atoms with Crippen LogP contribution in [0.5, 0.6) is 0 Å². The summed E-state index contributed by atoms with van der Waals surface area (Å²) in [6.45, 7) is 2.04. The van der Waals surface area contributed by atoms with Crippen LogP contribution in [0.2, 0.25) is 0 Å². The molecule has 1 aromatic rings. The zero-order chi connectivity index (χ0) is 12.6. The molecule has 0 saturated heterocycles. The van der Waals surface area contributed by atoms with Gasteiger partial charge in [0.05, 0.1) is 11.8 Å². The van der Waals surface area contributed by atoms with Crippen molar-refractivity contribution >= 4 is 5.71 Å². The van der Waals surface area contributed by atoms with Crippen LogP contribution in [0.25, 0.3) is 0 Å². The first-order valence-corrected chi connectivity index (χ1v) is 6.86. The first-order chi connectivity index (χ1) is 8.73. The van der Waals surface area contributed by atoms with E-state index in [2.05, 4.69) is 12.1 Å². The van der Waals surface area contributed by atoms with E-state index in [1.807, 2.05) is 25.1 Å². The normalized spacial score (nSPS) is 27.4. The Morgan fingerprint density at radius 1 is 1.17 bits per heavy atom. The van der Waals surface area contributed by atoms with Gasteiger partial charge in [-0.15, -0.1) is 0 Å². The van der Waals surface area contributed by atoms with Crippen LogP contribution >= 0.6 is 0 Å². The summed E-state index contributed by atoms with van der Waals surface area (Å²) < 4.78 is 0. The van der Waals surface area contributed by atoms with Crippen molar-refractivity contribution in [3.05, 3.63) is 35.9 Å². The van der Waals surface area contributed by atoms with Crippen LogP contribution in [-0.4, -0.2) is 27.7 Å². The van der Waals surface area contributed by atoms with E-state index in [1.165, 1.54) is 11.5 Å². The van der Waals surface area contributed by atoms with Crippen molar-refractivity contribution in [2.45, 2.75) is 50.7 Å². The van der Waals surface area contributed by atoms with E-state index in [-0.39, 0.29) is 11.7 Å². The predicted octanol–water partition coefficient (Wildman–Crippen LogP) is 3.23. The van der Waals surface area contributed by atoms with Crippen LogP contribution in [0.3, 0.4) is 0 Å². The van der Waals surface area contributed by atoms with E-state index < -0.39 is 0 Å². The number of hydrogen-bond acceptors (Lipinski definition) is 3. The van der Waals surface area contributed by atoms with Crippen LogP contribution in [0.4, 0.5) is 0 Å². The van der Waals surface area contributed by atoms with E-state index in [1.54, 1.807) is 0 Å². The lowest BCUT2D eigenvalue weighted by molar-refractivity contribution is -0.181. The molecule has 1 aliphatic carbocycles. The highest BCUT2D eigenvalue weighted by molar-refractivity contribution is 6.05. The Morgan fingerprint density at radius 3 is 2.50 bits per heavy atom. The van der Waals surface area contributed by atoms with Gasteiger partial charge in [-0.2, -0.15) is 5.06 Å². The third kappa shape index (κ3) is 1.78. The molecule has 96 valence electrons. The lowest BCUT2D eigenvalue weighted by Gasteiger charge is -2.36. The molecular weight excluding hydrogens is 224 g/mol. The smallest absolute Gasteiger partial charge is 0.136 e. The number of nitrogens with zero attached hydrogens (tertiary/aromatic N) is 2. The van der Waals surface area contributed by atoms with Crippen molar-refractivity contribution in [2.75, 3.05) is 0 Å². The van der Waals surface area contributed by atoms with Crippen molar-refractivity contribution in [1.82, 2.24) is 5.06 Å². The summed E-state index contributed by atoms with van der Waals surface area (Å²) in [6, 6.07) is 10.2. The predicted molar refractivity (Wildman–Crippen MR) is 71.9 cm³/mol. The minimum atomic E-state index is -0.344. The van der Waals surface area contributed by atoms with Crippen molar-refractivity contribution in [1.29, 1.82) is 0 Å². The van der Waals surface area contributed by atoms with E-state index >= 15 is 0 Å². The molecular formula is C15H20N2O. The van der Waals surface area contributed by atoms with Gasteiger partial charge in [0.15, 0.2) is 0 Å². The average molecular weight is 244 g/mol. The van der Waals surface area contributed by atoms with Gasteiger partial charge < -0.3 is 5.21 Å². The Kier molecular flexibility index (Phi) is 2.96. The molecule has 1 spiro atoms. The Bertz CT molecular complexity index is 449. The highest BCUT2D eigenvalue weighted by Gasteiger charge is 2.46. The number of aliphatic imine (C=N–C) groups is 1. The van der Waals surface area contributed by atoms with E-state index in [0.717, 1.165) is 37.0 Å². The van der Waals surface area contributed by atoms with Crippen molar-refractivity contribution in [3.8, 4) is 0 Å². The SMILES string of the molecule is CC1C(c2ccccc2)=NC2(CCCCC2)N1O. The molecule has 1 atom stereocenters. The highest BCUT2D eigenvalue weighted by atomic mass is 16.5. The summed E-state index contributed by atoms with van der Waals surface area (Å²) in [6.07, 6.45) is 5.54. The Balaban J connectivity index is 1.97. The minimum absolute atomic E-state index is 0.00880. The first-order valence-electron chi connectivity index (χ1n) is 6.86. The van der Waals surface area contributed by atoms with Gasteiger partial charge in [0.2, 0.25) is 0 Å². The van der Waals surface area contributed by atoms with Crippen LogP contribution in [0, 0.1) is 0 Å². The van der Waals surface area contributed by atoms with Gasteiger partial charge in [0.1, 0.15) is 5.66 Å². The average Bonchev–Trinajstić information content (AvgIpc) is 2.67. The van der Waals surface area contributed by atoms with Crippen LogP contribution in [0.15, 0.2) is 35.3 Å². The number of benzene rings is 1. The van der Waals surface area contributed by atoms with Gasteiger partial charge in [-0.25, -0.2) is 0 Å². The zero-order valence-electron chi connectivity index (χ0n) is 10.8. The van der Waals surface area contributed by atoms with Crippen molar-refractivity contribution in [3.63, 3.8) is 0 Å². The van der Waals surface area contributed by atoms with Gasteiger partial charge in [-0.3, -0.25) is 4.99 Å². The molecule has 1 N–H and O–H groups in total. The third-order valence-corrected chi connectivity index (χ3v) is 4.24. The molecule has 0 radical (unpaired) electrons. The van der Waals surface area contributed by atoms with Crippen LogP contribution in [-0.2, 0) is 0 Å². The molecule has 3 heteroatoms. The molecule has 1 fully saturated rings. The molecule has 3 nitrogen and oxygen atoms in total. The summed E-state index contributed by atoms with van der Waals surface area (Å²) in [5.41, 5.74) is 1.81. The van der Waals surface area contributed by atoms with Gasteiger partial charge in [0, 0.05) is 0 Å². The minimum Gasteiger partial charge on any atom is -0.311 e. The molecule has 3 rings (SSSR count). The second-order valence-corrected chi connectivity index (χ2v) is 5.43. The lowest BCUT2D eigenvalue weighted by Crippen LogP contribution is -2.46. The van der Waals surface area contributed by atoms with Gasteiger partial charge in [0.25, 0.3) is 0 Å². The number of hydroxylamine groups is 2. The van der Waals surface area contributed by atoms with Crippen LogP contribution in [0.1, 0.15) is 44.6 Å². The lowest BCUT2D eigenvalue weighted by atomic mass is 9.89. The molecule has 1 aromatic carbocycles. The molecule has 0 bridgehead atoms. The van der Waals surface area contributed by atoms with Crippen LogP contribution < -0.4 is 0 Å². The highest BCUT2D eigenvalue weighted by Crippen LogP contribution is 2.40. The maximum absolute atomic E-state index is 10.4. The van der Waals surface area contributed by atoms with E-state index in [9.17, 15) is 5.21 Å². The van der Waals surface area contributed by atoms with Crippen molar-refractivity contribution < 1.29 is 5.21 Å². The summed E-state index contributed by atoms with van der Waals surface area (Å²) >= 11 is 0. The second-order valence-electron chi connectivity index (χ2n) is 5.43. The summed E-state index contributed by atoms with van der Waals surface area (Å²) in [7, 11) is 0. The largest absolute Gasteiger partial charge is 0.311 e. The maximum Gasteiger partial charge on any atom is 0.136 e. The number of rotatable bonds is 1. The molecule has 1 saturated carbocycles. The Labute approximate surface area is 108 Å².